The van der Waals surface area contributed by atoms with Crippen LogP contribution in [-0.4, -0.2) is 65.3 Å². The first kappa shape index (κ1) is 17.9. The second-order valence-corrected chi connectivity index (χ2v) is 7.97. The number of carbonyl (C=O) groups is 1. The lowest BCUT2D eigenvalue weighted by atomic mass is 9.89. The van der Waals surface area contributed by atoms with Crippen LogP contribution in [0.25, 0.3) is 0 Å². The van der Waals surface area contributed by atoms with Crippen molar-refractivity contribution in [3.8, 4) is 0 Å². The molecule has 7 heteroatoms. The maximum Gasteiger partial charge on any atom is 0.274 e. The fourth-order valence-corrected chi connectivity index (χ4v) is 4.89. The van der Waals surface area contributed by atoms with Gasteiger partial charge in [-0.2, -0.15) is 0 Å². The number of halogens is 1. The van der Waals surface area contributed by atoms with E-state index in [1.807, 2.05) is 0 Å². The van der Waals surface area contributed by atoms with Gasteiger partial charge in [-0.1, -0.05) is 6.92 Å². The molecule has 3 aliphatic rings. The van der Waals surface area contributed by atoms with E-state index in [-0.39, 0.29) is 23.0 Å². The Kier molecular flexibility index (Phi) is 4.51. The lowest BCUT2D eigenvalue weighted by molar-refractivity contribution is -0.0661. The molecule has 2 fully saturated rings. The summed E-state index contributed by atoms with van der Waals surface area (Å²) in [4.78, 5) is 16.4. The molecule has 0 spiro atoms. The van der Waals surface area contributed by atoms with Crippen molar-refractivity contribution in [2.24, 2.45) is 0 Å². The second-order valence-electron chi connectivity index (χ2n) is 7.97. The lowest BCUT2D eigenvalue weighted by Gasteiger charge is -2.42. The van der Waals surface area contributed by atoms with Crippen molar-refractivity contribution in [2.75, 3.05) is 26.7 Å². The summed E-state index contributed by atoms with van der Waals surface area (Å²) in [6, 6.07) is 3.67. The van der Waals surface area contributed by atoms with Crippen LogP contribution in [0.3, 0.4) is 0 Å². The predicted octanol–water partition coefficient (Wildman–Crippen LogP) is 1.55. The highest BCUT2D eigenvalue weighted by Crippen LogP contribution is 2.39. The second kappa shape index (κ2) is 6.56. The van der Waals surface area contributed by atoms with Crippen molar-refractivity contribution >= 4 is 5.91 Å². The number of benzene rings is 1. The summed E-state index contributed by atoms with van der Waals surface area (Å²) in [7, 11) is 2.15. The van der Waals surface area contributed by atoms with E-state index < -0.39 is 5.91 Å². The van der Waals surface area contributed by atoms with Crippen molar-refractivity contribution < 1.29 is 19.1 Å². The SMILES string of the molecule is CC[C@H]1Cc2c(F)cc(C(=O)NO)cc2CN1C[C@]12C[C@H](CO1)N(C)C2. The van der Waals surface area contributed by atoms with Crippen LogP contribution in [0.4, 0.5) is 4.39 Å². The van der Waals surface area contributed by atoms with Crippen molar-refractivity contribution in [1.82, 2.24) is 15.3 Å². The van der Waals surface area contributed by atoms with Crippen LogP contribution in [-0.2, 0) is 17.7 Å². The molecule has 0 unspecified atom stereocenters. The number of amides is 1. The van der Waals surface area contributed by atoms with Crippen molar-refractivity contribution in [3.05, 3.63) is 34.6 Å². The van der Waals surface area contributed by atoms with E-state index in [4.69, 9.17) is 9.94 Å². The van der Waals surface area contributed by atoms with Crippen molar-refractivity contribution in [2.45, 2.75) is 50.4 Å². The van der Waals surface area contributed by atoms with E-state index in [1.54, 1.807) is 11.5 Å². The Morgan fingerprint density at radius 3 is 2.92 bits per heavy atom. The summed E-state index contributed by atoms with van der Waals surface area (Å²) in [5.41, 5.74) is 3.11. The highest BCUT2D eigenvalue weighted by Gasteiger charge is 2.51. The lowest BCUT2D eigenvalue weighted by Crippen LogP contribution is -2.52. The van der Waals surface area contributed by atoms with E-state index >= 15 is 0 Å². The summed E-state index contributed by atoms with van der Waals surface area (Å²) < 4.78 is 20.7. The van der Waals surface area contributed by atoms with Crippen molar-refractivity contribution in [3.63, 3.8) is 0 Å². The minimum absolute atomic E-state index is 0.136. The zero-order valence-electron chi connectivity index (χ0n) is 15.3. The number of carbonyl (C=O) groups excluding carboxylic acids is 1. The molecule has 0 radical (unpaired) electrons. The van der Waals surface area contributed by atoms with Crippen LogP contribution in [0.5, 0.6) is 0 Å². The Morgan fingerprint density at radius 2 is 2.31 bits per heavy atom. The van der Waals surface area contributed by atoms with Crippen LogP contribution in [0, 0.1) is 5.82 Å². The Hall–Kier alpha value is -1.54. The van der Waals surface area contributed by atoms with Gasteiger partial charge >= 0.3 is 0 Å². The number of nitrogens with zero attached hydrogens (tertiary/aromatic N) is 2. The molecule has 3 atom stereocenters. The van der Waals surface area contributed by atoms with Gasteiger partial charge < -0.3 is 4.74 Å². The van der Waals surface area contributed by atoms with Gasteiger partial charge in [0.05, 0.1) is 12.2 Å². The molecule has 0 aliphatic carbocycles. The summed E-state index contributed by atoms with van der Waals surface area (Å²) in [6.07, 6.45) is 2.62. The van der Waals surface area contributed by atoms with Gasteiger partial charge in [-0.05, 0) is 49.6 Å². The molecule has 3 heterocycles. The zero-order valence-corrected chi connectivity index (χ0v) is 15.3. The molecule has 0 saturated carbocycles. The third-order valence-corrected chi connectivity index (χ3v) is 6.29. The van der Waals surface area contributed by atoms with Crippen LogP contribution in [0.15, 0.2) is 12.1 Å². The molecule has 2 bridgehead atoms. The number of ether oxygens (including phenoxy) is 1. The molecule has 1 amide bonds. The minimum atomic E-state index is -0.686. The average molecular weight is 363 g/mol. The minimum Gasteiger partial charge on any atom is -0.371 e. The number of hydrogen-bond donors (Lipinski definition) is 2. The summed E-state index contributed by atoms with van der Waals surface area (Å²) >= 11 is 0. The van der Waals surface area contributed by atoms with Gasteiger partial charge in [-0.15, -0.1) is 0 Å². The topological polar surface area (TPSA) is 65.0 Å². The van der Waals surface area contributed by atoms with E-state index in [9.17, 15) is 9.18 Å². The number of fused-ring (bicyclic) bond motifs is 3. The molecule has 26 heavy (non-hydrogen) atoms. The van der Waals surface area contributed by atoms with E-state index in [2.05, 4.69) is 23.8 Å². The fraction of sp³-hybridized carbons (Fsp3) is 0.632. The van der Waals surface area contributed by atoms with E-state index in [1.165, 1.54) is 6.07 Å². The molecule has 4 rings (SSSR count). The molecule has 142 valence electrons. The van der Waals surface area contributed by atoms with E-state index in [0.29, 0.717) is 24.6 Å². The van der Waals surface area contributed by atoms with E-state index in [0.717, 1.165) is 38.1 Å². The zero-order chi connectivity index (χ0) is 18.5. The third-order valence-electron chi connectivity index (χ3n) is 6.29. The number of hydroxylamine groups is 1. The first-order chi connectivity index (χ1) is 12.4. The number of rotatable bonds is 4. The third kappa shape index (κ3) is 2.93. The maximum atomic E-state index is 14.6. The van der Waals surface area contributed by atoms with Gasteiger partial charge in [0.1, 0.15) is 5.82 Å². The normalized spacial score (nSPS) is 31.2. The number of nitrogens with one attached hydrogen (secondary N) is 1. The number of likely N-dealkylation sites (tertiary alicyclic amines) is 1. The molecule has 0 aromatic heterocycles. The summed E-state index contributed by atoms with van der Waals surface area (Å²) in [5, 5.41) is 8.85. The van der Waals surface area contributed by atoms with Gasteiger partial charge in [-0.3, -0.25) is 19.8 Å². The molecule has 6 nitrogen and oxygen atoms in total. The molecule has 2 saturated heterocycles. The highest BCUT2D eigenvalue weighted by atomic mass is 19.1. The smallest absolute Gasteiger partial charge is 0.274 e. The Balaban J connectivity index is 1.60. The summed E-state index contributed by atoms with van der Waals surface area (Å²) in [6.45, 7) is 5.26. The molecule has 1 aromatic carbocycles. The number of likely N-dealkylation sites (N-methyl/N-ethyl adjacent to an activating group) is 1. The molecular formula is C19H26FN3O3. The first-order valence-electron chi connectivity index (χ1n) is 9.28. The first-order valence-corrected chi connectivity index (χ1v) is 9.28. The van der Waals surface area contributed by atoms with Gasteiger partial charge in [0.15, 0.2) is 0 Å². The largest absolute Gasteiger partial charge is 0.371 e. The fourth-order valence-electron chi connectivity index (χ4n) is 4.89. The molecule has 3 aliphatic heterocycles. The van der Waals surface area contributed by atoms with Crippen LogP contribution in [0.1, 0.15) is 41.3 Å². The van der Waals surface area contributed by atoms with Gasteiger partial charge in [0.25, 0.3) is 5.91 Å². The van der Waals surface area contributed by atoms with Gasteiger partial charge in [0, 0.05) is 37.3 Å². The maximum absolute atomic E-state index is 14.6. The van der Waals surface area contributed by atoms with Crippen molar-refractivity contribution in [1.29, 1.82) is 0 Å². The quantitative estimate of drug-likeness (QED) is 0.628. The monoisotopic (exact) mass is 363 g/mol. The van der Waals surface area contributed by atoms with Gasteiger partial charge in [0.2, 0.25) is 0 Å². The molecule has 1 aromatic rings. The Labute approximate surface area is 152 Å². The number of morpholine rings is 1. The Morgan fingerprint density at radius 1 is 1.50 bits per heavy atom. The molecule has 2 N–H and O–H groups in total. The number of hydrogen-bond acceptors (Lipinski definition) is 5. The van der Waals surface area contributed by atoms with Crippen LogP contribution >= 0.6 is 0 Å². The Bertz CT molecular complexity index is 724. The average Bonchev–Trinajstić information content (AvgIpc) is 3.17. The highest BCUT2D eigenvalue weighted by molar-refractivity contribution is 5.93. The predicted molar refractivity (Wildman–Crippen MR) is 93.6 cm³/mol. The van der Waals surface area contributed by atoms with Crippen LogP contribution in [0.2, 0.25) is 0 Å². The van der Waals surface area contributed by atoms with Crippen LogP contribution < -0.4 is 5.48 Å². The molecular weight excluding hydrogens is 337 g/mol. The summed E-state index contributed by atoms with van der Waals surface area (Å²) in [5.74, 6) is -1.05. The standard InChI is InChI=1S/C19H26FN3O3/c1-3-14-6-16-13(4-12(5-17(16)20)18(24)21-25)8-23(14)11-19-7-15(9-26-19)22(2)10-19/h4-5,14-15,25H,3,6-11H2,1-2H3,(H,21,24)/t14-,15+,19+/m0/s1. The van der Waals surface area contributed by atoms with Gasteiger partial charge in [-0.25, -0.2) is 9.87 Å².